The minimum atomic E-state index is -0.333. The molecule has 0 atom stereocenters. The fourth-order valence-electron chi connectivity index (χ4n) is 1.63. The zero-order valence-electron chi connectivity index (χ0n) is 10.0. The Bertz CT molecular complexity index is 616. The monoisotopic (exact) mass is 262 g/mol. The molecule has 0 amide bonds. The third-order valence-electron chi connectivity index (χ3n) is 2.53. The normalized spacial score (nSPS) is 10.1. The predicted molar refractivity (Wildman–Crippen MR) is 68.1 cm³/mol. The Morgan fingerprint density at radius 1 is 1.50 bits per heavy atom. The maximum Gasteiger partial charge on any atom is 0.129 e. The molecule has 0 saturated heterocycles. The Morgan fingerprint density at radius 3 is 2.94 bits per heavy atom. The van der Waals surface area contributed by atoms with Crippen LogP contribution < -0.4 is 4.74 Å². The first kappa shape index (κ1) is 12.5. The number of thiazole rings is 1. The highest BCUT2D eigenvalue weighted by atomic mass is 32.1. The van der Waals surface area contributed by atoms with Crippen molar-refractivity contribution >= 4 is 11.3 Å². The lowest BCUT2D eigenvalue weighted by Gasteiger charge is -2.05. The third-order valence-corrected chi connectivity index (χ3v) is 3.58. The van der Waals surface area contributed by atoms with Crippen molar-refractivity contribution in [1.29, 1.82) is 5.26 Å². The van der Waals surface area contributed by atoms with Crippen LogP contribution >= 0.6 is 11.3 Å². The van der Waals surface area contributed by atoms with Crippen LogP contribution in [-0.4, -0.2) is 12.1 Å². The number of benzene rings is 1. The summed E-state index contributed by atoms with van der Waals surface area (Å²) < 4.78 is 18.5. The first-order chi connectivity index (χ1) is 8.65. The summed E-state index contributed by atoms with van der Waals surface area (Å²) in [5.74, 6) is 0.245. The molecule has 0 radical (unpaired) electrons. The standard InChI is InChI=1S/C13H11FN2OS/c1-8-11(5-6-15)16-13(18-8)10-7-9(14)3-4-12(10)17-2/h3-4,7H,5H2,1-2H3. The molecule has 0 fully saturated rings. The quantitative estimate of drug-likeness (QED) is 0.852. The van der Waals surface area contributed by atoms with Crippen molar-refractivity contribution in [3.8, 4) is 22.4 Å². The number of nitriles is 1. The van der Waals surface area contributed by atoms with Gasteiger partial charge in [-0.05, 0) is 25.1 Å². The molecule has 0 aliphatic heterocycles. The SMILES string of the molecule is COc1ccc(F)cc1-c1nc(CC#N)c(C)s1. The van der Waals surface area contributed by atoms with Crippen LogP contribution in [-0.2, 0) is 6.42 Å². The van der Waals surface area contributed by atoms with E-state index in [0.29, 0.717) is 16.3 Å². The van der Waals surface area contributed by atoms with E-state index in [1.54, 1.807) is 6.07 Å². The molecule has 0 saturated carbocycles. The van der Waals surface area contributed by atoms with Crippen molar-refractivity contribution in [1.82, 2.24) is 4.98 Å². The molecule has 1 heterocycles. The predicted octanol–water partition coefficient (Wildman–Crippen LogP) is 3.33. The van der Waals surface area contributed by atoms with E-state index in [1.807, 2.05) is 6.92 Å². The number of hydrogen-bond acceptors (Lipinski definition) is 4. The van der Waals surface area contributed by atoms with Crippen LogP contribution in [0.15, 0.2) is 18.2 Å². The molecule has 0 aliphatic rings. The first-order valence-corrected chi connectivity index (χ1v) is 6.14. The number of nitrogens with zero attached hydrogens (tertiary/aromatic N) is 2. The number of ether oxygens (including phenoxy) is 1. The summed E-state index contributed by atoms with van der Waals surface area (Å²) in [6.45, 7) is 1.90. The van der Waals surface area contributed by atoms with Gasteiger partial charge in [0, 0.05) is 4.88 Å². The second-order valence-electron chi connectivity index (χ2n) is 3.70. The lowest BCUT2D eigenvalue weighted by Crippen LogP contribution is -1.89. The van der Waals surface area contributed by atoms with E-state index in [2.05, 4.69) is 11.1 Å². The highest BCUT2D eigenvalue weighted by Gasteiger charge is 2.14. The molecular weight excluding hydrogens is 251 g/mol. The van der Waals surface area contributed by atoms with Crippen molar-refractivity contribution in [2.75, 3.05) is 7.11 Å². The molecule has 1 aromatic carbocycles. The number of aryl methyl sites for hydroxylation is 1. The van der Waals surface area contributed by atoms with Gasteiger partial charge in [0.05, 0.1) is 30.9 Å². The Balaban J connectivity index is 2.51. The number of rotatable bonds is 3. The van der Waals surface area contributed by atoms with Crippen LogP contribution in [0.1, 0.15) is 10.6 Å². The fraction of sp³-hybridized carbons (Fsp3) is 0.231. The van der Waals surface area contributed by atoms with Gasteiger partial charge in [0.15, 0.2) is 0 Å². The average Bonchev–Trinajstić information content (AvgIpc) is 2.71. The van der Waals surface area contributed by atoms with E-state index in [0.717, 1.165) is 10.6 Å². The molecule has 0 N–H and O–H groups in total. The highest BCUT2D eigenvalue weighted by Crippen LogP contribution is 2.34. The molecule has 2 rings (SSSR count). The summed E-state index contributed by atoms with van der Waals surface area (Å²) in [6.07, 6.45) is 0.264. The minimum absolute atomic E-state index is 0.264. The van der Waals surface area contributed by atoms with E-state index in [4.69, 9.17) is 10.00 Å². The van der Waals surface area contributed by atoms with Crippen LogP contribution in [0.3, 0.4) is 0 Å². The molecular formula is C13H11FN2OS. The van der Waals surface area contributed by atoms with E-state index in [-0.39, 0.29) is 12.2 Å². The van der Waals surface area contributed by atoms with Gasteiger partial charge in [-0.1, -0.05) is 0 Å². The second-order valence-corrected chi connectivity index (χ2v) is 4.90. The van der Waals surface area contributed by atoms with E-state index >= 15 is 0 Å². The van der Waals surface area contributed by atoms with Crippen molar-refractivity contribution in [3.63, 3.8) is 0 Å². The van der Waals surface area contributed by atoms with E-state index in [9.17, 15) is 4.39 Å². The maximum absolute atomic E-state index is 13.3. The molecule has 18 heavy (non-hydrogen) atoms. The summed E-state index contributed by atoms with van der Waals surface area (Å²) in [5, 5.41) is 9.37. The van der Waals surface area contributed by atoms with Gasteiger partial charge in [0.2, 0.25) is 0 Å². The zero-order valence-corrected chi connectivity index (χ0v) is 10.8. The van der Waals surface area contributed by atoms with Crippen LogP contribution in [0, 0.1) is 24.1 Å². The van der Waals surface area contributed by atoms with Gasteiger partial charge in [0.25, 0.3) is 0 Å². The van der Waals surface area contributed by atoms with Gasteiger partial charge >= 0.3 is 0 Å². The van der Waals surface area contributed by atoms with Crippen molar-refractivity contribution in [3.05, 3.63) is 34.6 Å². The Morgan fingerprint density at radius 2 is 2.28 bits per heavy atom. The van der Waals surface area contributed by atoms with Crippen molar-refractivity contribution < 1.29 is 9.13 Å². The first-order valence-electron chi connectivity index (χ1n) is 5.33. The molecule has 3 nitrogen and oxygen atoms in total. The van der Waals surface area contributed by atoms with Crippen LogP contribution in [0.2, 0.25) is 0 Å². The number of hydrogen-bond donors (Lipinski definition) is 0. The smallest absolute Gasteiger partial charge is 0.129 e. The van der Waals surface area contributed by atoms with E-state index < -0.39 is 0 Å². The Labute approximate surface area is 108 Å². The lowest BCUT2D eigenvalue weighted by atomic mass is 10.2. The van der Waals surface area contributed by atoms with Gasteiger partial charge < -0.3 is 4.74 Å². The molecule has 0 spiro atoms. The Kier molecular flexibility index (Phi) is 3.58. The Hall–Kier alpha value is -1.93. The minimum Gasteiger partial charge on any atom is -0.496 e. The van der Waals surface area contributed by atoms with E-state index in [1.165, 1.54) is 30.6 Å². The van der Waals surface area contributed by atoms with Gasteiger partial charge in [-0.25, -0.2) is 9.37 Å². The summed E-state index contributed by atoms with van der Waals surface area (Å²) in [4.78, 5) is 5.34. The van der Waals surface area contributed by atoms with Crippen molar-refractivity contribution in [2.24, 2.45) is 0 Å². The zero-order chi connectivity index (χ0) is 13.1. The molecule has 1 aromatic heterocycles. The van der Waals surface area contributed by atoms with Crippen LogP contribution in [0.25, 0.3) is 10.6 Å². The average molecular weight is 262 g/mol. The highest BCUT2D eigenvalue weighted by molar-refractivity contribution is 7.15. The fourth-order valence-corrected chi connectivity index (χ4v) is 2.58. The van der Waals surface area contributed by atoms with Gasteiger partial charge in [-0.2, -0.15) is 5.26 Å². The molecule has 0 bridgehead atoms. The van der Waals surface area contributed by atoms with Gasteiger partial charge in [-0.3, -0.25) is 0 Å². The topological polar surface area (TPSA) is 45.9 Å². The van der Waals surface area contributed by atoms with Gasteiger partial charge in [0.1, 0.15) is 16.6 Å². The van der Waals surface area contributed by atoms with Gasteiger partial charge in [-0.15, -0.1) is 11.3 Å². The number of aromatic nitrogens is 1. The van der Waals surface area contributed by atoms with Crippen molar-refractivity contribution in [2.45, 2.75) is 13.3 Å². The van der Waals surface area contributed by atoms with Crippen LogP contribution in [0.4, 0.5) is 4.39 Å². The summed E-state index contributed by atoms with van der Waals surface area (Å²) in [7, 11) is 1.54. The molecule has 92 valence electrons. The number of methoxy groups -OCH3 is 1. The second kappa shape index (κ2) is 5.15. The molecule has 0 unspecified atom stereocenters. The molecule has 5 heteroatoms. The molecule has 2 aromatic rings. The van der Waals surface area contributed by atoms with Crippen LogP contribution in [0.5, 0.6) is 5.75 Å². The lowest BCUT2D eigenvalue weighted by molar-refractivity contribution is 0.415. The summed E-state index contributed by atoms with van der Waals surface area (Å²) in [5.41, 5.74) is 1.36. The molecule has 0 aliphatic carbocycles. The maximum atomic E-state index is 13.3. The third kappa shape index (κ3) is 2.34. The summed E-state index contributed by atoms with van der Waals surface area (Å²) >= 11 is 1.44. The number of halogens is 1. The summed E-state index contributed by atoms with van der Waals surface area (Å²) in [6, 6.07) is 6.39. The largest absolute Gasteiger partial charge is 0.496 e.